The van der Waals surface area contributed by atoms with Gasteiger partial charge >= 0.3 is 0 Å². The number of nitrogens with zero attached hydrogens (tertiary/aromatic N) is 6. The third-order valence-electron chi connectivity index (χ3n) is 22.3. The lowest BCUT2D eigenvalue weighted by molar-refractivity contribution is -0.208. The maximum atomic E-state index is 17.3. The van der Waals surface area contributed by atoms with Crippen LogP contribution in [-0.4, -0.2) is 168 Å². The highest BCUT2D eigenvalue weighted by atomic mass is 16.5. The van der Waals surface area contributed by atoms with Crippen LogP contribution in [0, 0.1) is 0 Å². The number of para-hydroxylation sites is 6. The Morgan fingerprint density at radius 3 is 0.567 bits per heavy atom. The molecule has 12 rings (SSSR count). The maximum absolute atomic E-state index is 17.3. The van der Waals surface area contributed by atoms with E-state index in [2.05, 4.69) is 175 Å². The molecule has 0 atom stereocenters. The van der Waals surface area contributed by atoms with Gasteiger partial charge in [0.15, 0.2) is 0 Å². The number of ether oxygens (including phenoxy) is 6. The number of benzene rings is 6. The number of carbonyl (C=O) groups is 1. The largest absolute Gasteiger partial charge is 0.496 e. The lowest BCUT2D eigenvalue weighted by atomic mass is 9.82. The lowest BCUT2D eigenvalue weighted by Crippen LogP contribution is -2.75. The number of rotatable bonds is 22. The van der Waals surface area contributed by atoms with Gasteiger partial charge in [0, 0.05) is 78.5 Å². The second kappa shape index (κ2) is 29.4. The van der Waals surface area contributed by atoms with Gasteiger partial charge in [0.1, 0.15) is 51.9 Å². The number of hydrogen-bond acceptors (Lipinski definition) is 13. The SMILES string of the molecule is COc1ccccc1C1CCN(C(CC(=O)CC(N2CCC(c3ccccc3OC)CC2)(N2CCC(c3ccccc3OC)CC2)N2CCC(c3ccccc3OC)CC2)(N2CCC(c3ccccc3OC)CC2)N2CCC(c3ccccc3OC)CC2)CC1. The van der Waals surface area contributed by atoms with E-state index in [1.54, 1.807) is 0 Å². The van der Waals surface area contributed by atoms with Crippen molar-refractivity contribution in [1.29, 1.82) is 0 Å². The third kappa shape index (κ3) is 13.0. The zero-order valence-electron chi connectivity index (χ0n) is 54.7. The van der Waals surface area contributed by atoms with Gasteiger partial charge in [0.2, 0.25) is 0 Å². The molecule has 0 unspecified atom stereocenters. The fourth-order valence-electron chi connectivity index (χ4n) is 17.8. The van der Waals surface area contributed by atoms with Crippen molar-refractivity contribution in [3.05, 3.63) is 179 Å². The molecule has 6 aromatic rings. The second-order valence-electron chi connectivity index (χ2n) is 26.5. The van der Waals surface area contributed by atoms with Crippen LogP contribution in [0.5, 0.6) is 34.5 Å². The Morgan fingerprint density at radius 1 is 0.278 bits per heavy atom. The van der Waals surface area contributed by atoms with Gasteiger partial charge in [0.05, 0.1) is 55.5 Å². The van der Waals surface area contributed by atoms with Crippen molar-refractivity contribution < 1.29 is 33.2 Å². The van der Waals surface area contributed by atoms with Crippen LogP contribution in [0.1, 0.15) is 159 Å². The van der Waals surface area contributed by atoms with Gasteiger partial charge in [-0.15, -0.1) is 0 Å². The van der Waals surface area contributed by atoms with Crippen molar-refractivity contribution in [2.24, 2.45) is 0 Å². The molecule has 480 valence electrons. The second-order valence-corrected chi connectivity index (χ2v) is 26.5. The molecule has 90 heavy (non-hydrogen) atoms. The van der Waals surface area contributed by atoms with Crippen molar-refractivity contribution in [3.8, 4) is 34.5 Å². The molecule has 6 aliphatic rings. The van der Waals surface area contributed by atoms with Crippen molar-refractivity contribution in [3.63, 3.8) is 0 Å². The van der Waals surface area contributed by atoms with Crippen molar-refractivity contribution in [2.75, 3.05) is 121 Å². The van der Waals surface area contributed by atoms with E-state index in [0.29, 0.717) is 54.1 Å². The van der Waals surface area contributed by atoms with E-state index >= 15 is 4.79 Å². The smallest absolute Gasteiger partial charge is 0.142 e. The lowest BCUT2D eigenvalue weighted by Gasteiger charge is -2.62. The minimum Gasteiger partial charge on any atom is -0.496 e. The zero-order valence-corrected chi connectivity index (χ0v) is 54.7. The van der Waals surface area contributed by atoms with Crippen LogP contribution in [0.15, 0.2) is 146 Å². The van der Waals surface area contributed by atoms with Gasteiger partial charge in [0.25, 0.3) is 0 Å². The Bertz CT molecular complexity index is 2730. The molecule has 0 amide bonds. The summed E-state index contributed by atoms with van der Waals surface area (Å²) < 4.78 is 36.3. The number of piperidine rings is 6. The standard InChI is InChI=1S/C77H100N6O7/c1-85-70-25-13-7-19-64(70)57-31-43-78(44-32-57)76(79-45-33-58(34-46-79)65-20-8-14-26-71(65)86-2,80-47-35-59(36-48-80)66-21-9-15-27-72(66)87-3)55-63(84)56-77(81-49-37-60(38-50-81)67-22-10-16-28-73(67)88-4,82-51-39-61(40-52-82)68-23-11-17-29-74(68)89-5)83-53-41-62(42-54-83)69-24-12-18-30-75(69)90-6/h7-30,57-62H,31-56H2,1-6H3. The number of hydrogen-bond donors (Lipinski definition) is 0. The summed E-state index contributed by atoms with van der Waals surface area (Å²) in [6.45, 7) is 10.5. The van der Waals surface area contributed by atoms with Crippen molar-refractivity contribution in [2.45, 2.75) is 137 Å². The van der Waals surface area contributed by atoms with Gasteiger partial charge in [-0.3, -0.25) is 34.2 Å². The van der Waals surface area contributed by atoms with E-state index in [0.717, 1.165) is 190 Å². The monoisotopic (exact) mass is 1220 g/mol. The third-order valence-corrected chi connectivity index (χ3v) is 22.3. The Kier molecular flexibility index (Phi) is 20.8. The summed E-state index contributed by atoms with van der Waals surface area (Å²) in [7, 11) is 10.8. The fraction of sp³-hybridized carbons (Fsp3) is 0.519. The van der Waals surface area contributed by atoms with E-state index in [1.807, 2.05) is 42.7 Å². The first-order valence-electron chi connectivity index (χ1n) is 34.0. The molecule has 6 saturated heterocycles. The molecule has 0 aliphatic carbocycles. The van der Waals surface area contributed by atoms with Crippen LogP contribution < -0.4 is 28.4 Å². The summed E-state index contributed by atoms with van der Waals surface area (Å²) in [6, 6.07) is 51.9. The summed E-state index contributed by atoms with van der Waals surface area (Å²) in [5.41, 5.74) is 7.75. The van der Waals surface area contributed by atoms with Gasteiger partial charge in [-0.05, 0) is 182 Å². The van der Waals surface area contributed by atoms with Gasteiger partial charge in [-0.25, -0.2) is 0 Å². The first-order chi connectivity index (χ1) is 44.2. The topological polar surface area (TPSA) is 91.9 Å². The summed E-state index contributed by atoms with van der Waals surface area (Å²) >= 11 is 0. The number of ketones is 1. The number of Topliss-reactive ketones (excluding diaryl/α,β-unsaturated/α-hetero) is 1. The van der Waals surface area contributed by atoms with E-state index in [9.17, 15) is 0 Å². The molecule has 13 heteroatoms. The molecule has 0 N–H and O–H groups in total. The summed E-state index contributed by atoms with van der Waals surface area (Å²) in [5, 5.41) is 0. The highest BCUT2D eigenvalue weighted by Crippen LogP contribution is 2.49. The highest BCUT2D eigenvalue weighted by Gasteiger charge is 2.56. The van der Waals surface area contributed by atoms with E-state index < -0.39 is 11.6 Å². The minimum atomic E-state index is -0.670. The van der Waals surface area contributed by atoms with Gasteiger partial charge in [-0.1, -0.05) is 109 Å². The average molecular weight is 1220 g/mol. The molecule has 0 bridgehead atoms. The fourth-order valence-corrected chi connectivity index (χ4v) is 17.8. The molecule has 6 heterocycles. The minimum absolute atomic E-state index is 0.349. The average Bonchev–Trinajstić information content (AvgIpc) is 1.70. The predicted molar refractivity (Wildman–Crippen MR) is 359 cm³/mol. The number of methoxy groups -OCH3 is 6. The quantitative estimate of drug-likeness (QED) is 0.0647. The summed E-state index contributed by atoms with van der Waals surface area (Å²) in [5.74, 6) is 6.92. The normalized spacial score (nSPS) is 20.4. The van der Waals surface area contributed by atoms with Gasteiger partial charge in [-0.2, -0.15) is 0 Å². The van der Waals surface area contributed by atoms with Gasteiger partial charge < -0.3 is 28.4 Å². The molecular formula is C77H100N6O7. The number of likely N-dealkylation sites (tertiary alicyclic amines) is 6. The van der Waals surface area contributed by atoms with Crippen LogP contribution in [0.3, 0.4) is 0 Å². The molecule has 0 aromatic heterocycles. The molecule has 6 fully saturated rings. The van der Waals surface area contributed by atoms with E-state index in [-0.39, 0.29) is 0 Å². The molecular weight excluding hydrogens is 1120 g/mol. The maximum Gasteiger partial charge on any atom is 0.142 e. The Balaban J connectivity index is 0.951. The Labute approximate surface area is 537 Å². The molecule has 6 aromatic carbocycles. The van der Waals surface area contributed by atoms with Crippen molar-refractivity contribution in [1.82, 2.24) is 29.4 Å². The van der Waals surface area contributed by atoms with Crippen LogP contribution in [0.2, 0.25) is 0 Å². The molecule has 0 spiro atoms. The summed E-state index contributed by atoms with van der Waals surface area (Å²) in [4.78, 5) is 34.2. The van der Waals surface area contributed by atoms with Crippen molar-refractivity contribution >= 4 is 5.78 Å². The molecule has 0 radical (unpaired) electrons. The van der Waals surface area contributed by atoms with Crippen LogP contribution in [0.4, 0.5) is 0 Å². The Hall–Kier alpha value is -6.45. The van der Waals surface area contributed by atoms with E-state index in [4.69, 9.17) is 28.4 Å². The van der Waals surface area contributed by atoms with Crippen LogP contribution >= 0.6 is 0 Å². The zero-order chi connectivity index (χ0) is 62.0. The molecule has 6 aliphatic heterocycles. The molecule has 0 saturated carbocycles. The van der Waals surface area contributed by atoms with Crippen LogP contribution in [0.25, 0.3) is 0 Å². The predicted octanol–water partition coefficient (Wildman–Crippen LogP) is 14.0. The van der Waals surface area contributed by atoms with E-state index in [1.165, 1.54) is 33.4 Å². The Morgan fingerprint density at radius 2 is 0.422 bits per heavy atom. The first-order valence-corrected chi connectivity index (χ1v) is 34.0. The highest BCUT2D eigenvalue weighted by molar-refractivity contribution is 5.81. The van der Waals surface area contributed by atoms with Crippen LogP contribution in [-0.2, 0) is 4.79 Å². The summed E-state index contributed by atoms with van der Waals surface area (Å²) in [6.07, 6.45) is 12.7. The number of carbonyl (C=O) groups excluding carboxylic acids is 1. The first kappa shape index (κ1) is 63.7. The molecule has 13 nitrogen and oxygen atoms in total.